The van der Waals surface area contributed by atoms with Crippen molar-refractivity contribution in [1.82, 2.24) is 9.97 Å². The van der Waals surface area contributed by atoms with Crippen LogP contribution in [-0.4, -0.2) is 9.97 Å². The molecule has 3 heteroatoms. The number of aromatic nitrogens is 2. The number of hydrogen-bond acceptors (Lipinski definition) is 3. The highest BCUT2D eigenvalue weighted by atomic mass is 16.3. The molecule has 0 bridgehead atoms. The van der Waals surface area contributed by atoms with E-state index in [-0.39, 0.29) is 0 Å². The molecule has 0 N–H and O–H groups in total. The van der Waals surface area contributed by atoms with Crippen molar-refractivity contribution in [3.63, 3.8) is 0 Å². The first kappa shape index (κ1) is 31.2. The SMILES string of the molecule is c1ccc(-c2cccc(-c3nc(-c4ccc(-c5ccc(-c6cccc7ccccc67)cc5)c5oc6cc7ccccc7cc6c45)nc4ccccc34)c2)cc1. The molecule has 3 nitrogen and oxygen atoms in total. The summed E-state index contributed by atoms with van der Waals surface area (Å²) in [6, 6.07) is 68.5. The molecule has 0 aliphatic carbocycles. The van der Waals surface area contributed by atoms with Crippen LogP contribution in [0.2, 0.25) is 0 Å². The molecule has 0 saturated heterocycles. The lowest BCUT2D eigenvalue weighted by Crippen LogP contribution is -1.96. The van der Waals surface area contributed by atoms with Crippen LogP contribution >= 0.6 is 0 Å². The molecule has 2 aromatic heterocycles. The average molecular weight is 701 g/mol. The highest BCUT2D eigenvalue weighted by molar-refractivity contribution is 6.18. The van der Waals surface area contributed by atoms with E-state index in [0.29, 0.717) is 5.82 Å². The second-order valence-corrected chi connectivity index (χ2v) is 14.1. The molecule has 0 fully saturated rings. The normalized spacial score (nSPS) is 11.6. The molecule has 256 valence electrons. The third kappa shape index (κ3) is 5.28. The van der Waals surface area contributed by atoms with Crippen LogP contribution < -0.4 is 0 Å². The van der Waals surface area contributed by atoms with E-state index in [2.05, 4.69) is 182 Å². The van der Waals surface area contributed by atoms with Crippen LogP contribution in [0.15, 0.2) is 199 Å². The summed E-state index contributed by atoms with van der Waals surface area (Å²) in [4.78, 5) is 10.6. The van der Waals surface area contributed by atoms with Crippen molar-refractivity contribution >= 4 is 54.4 Å². The van der Waals surface area contributed by atoms with Crippen LogP contribution in [0.4, 0.5) is 0 Å². The summed E-state index contributed by atoms with van der Waals surface area (Å²) in [5.41, 5.74) is 12.3. The first-order valence-electron chi connectivity index (χ1n) is 18.6. The molecule has 0 unspecified atom stereocenters. The van der Waals surface area contributed by atoms with Gasteiger partial charge in [-0.25, -0.2) is 9.97 Å². The second-order valence-electron chi connectivity index (χ2n) is 14.1. The fourth-order valence-corrected chi connectivity index (χ4v) is 8.18. The molecule has 9 aromatic carbocycles. The Morgan fingerprint density at radius 1 is 0.345 bits per heavy atom. The predicted octanol–water partition coefficient (Wildman–Crippen LogP) is 14.2. The van der Waals surface area contributed by atoms with Crippen LogP contribution in [0.1, 0.15) is 0 Å². The summed E-state index contributed by atoms with van der Waals surface area (Å²) in [7, 11) is 0. The fourth-order valence-electron chi connectivity index (χ4n) is 8.18. The van der Waals surface area contributed by atoms with Gasteiger partial charge in [0.2, 0.25) is 0 Å². The molecular formula is C52H32N2O. The minimum atomic E-state index is 0.664. The van der Waals surface area contributed by atoms with Crippen LogP contribution in [0.25, 0.3) is 110 Å². The Kier molecular flexibility index (Phi) is 7.17. The van der Waals surface area contributed by atoms with E-state index in [9.17, 15) is 0 Å². The van der Waals surface area contributed by atoms with Gasteiger partial charge >= 0.3 is 0 Å². The van der Waals surface area contributed by atoms with Crippen molar-refractivity contribution in [3.8, 4) is 56.0 Å². The van der Waals surface area contributed by atoms with Gasteiger partial charge in [0, 0.05) is 32.8 Å². The van der Waals surface area contributed by atoms with E-state index in [1.165, 1.54) is 27.5 Å². The van der Waals surface area contributed by atoms with E-state index in [0.717, 1.165) is 77.1 Å². The number of para-hydroxylation sites is 1. The van der Waals surface area contributed by atoms with Crippen LogP contribution in [0.3, 0.4) is 0 Å². The van der Waals surface area contributed by atoms with Gasteiger partial charge in [-0.15, -0.1) is 0 Å². The van der Waals surface area contributed by atoms with E-state index in [4.69, 9.17) is 14.4 Å². The molecule has 0 radical (unpaired) electrons. The van der Waals surface area contributed by atoms with E-state index in [1.54, 1.807) is 0 Å². The molecule has 0 atom stereocenters. The van der Waals surface area contributed by atoms with E-state index in [1.807, 2.05) is 12.1 Å². The molecule has 11 aromatic rings. The zero-order chi connectivity index (χ0) is 36.3. The Balaban J connectivity index is 1.12. The minimum absolute atomic E-state index is 0.664. The Morgan fingerprint density at radius 2 is 0.964 bits per heavy atom. The maximum absolute atomic E-state index is 6.89. The maximum atomic E-state index is 6.89. The lowest BCUT2D eigenvalue weighted by molar-refractivity contribution is 0.670. The monoisotopic (exact) mass is 700 g/mol. The summed E-state index contributed by atoms with van der Waals surface area (Å²) in [6.45, 7) is 0. The molecule has 0 spiro atoms. The summed E-state index contributed by atoms with van der Waals surface area (Å²) in [5, 5.41) is 7.84. The van der Waals surface area contributed by atoms with Crippen molar-refractivity contribution in [2.24, 2.45) is 0 Å². The lowest BCUT2D eigenvalue weighted by Gasteiger charge is -2.13. The smallest absolute Gasteiger partial charge is 0.161 e. The van der Waals surface area contributed by atoms with Crippen LogP contribution in [-0.2, 0) is 0 Å². The van der Waals surface area contributed by atoms with Crippen LogP contribution in [0, 0.1) is 0 Å². The Morgan fingerprint density at radius 3 is 1.80 bits per heavy atom. The second kappa shape index (κ2) is 12.6. The average Bonchev–Trinajstić information content (AvgIpc) is 3.63. The zero-order valence-electron chi connectivity index (χ0n) is 29.8. The third-order valence-corrected chi connectivity index (χ3v) is 10.9. The number of benzene rings is 9. The molecule has 0 aliphatic heterocycles. The standard InChI is InChI=1S/C52H32N2O/c1-2-12-33(13-3-1)37-18-10-19-40(30-37)50-44-21-8-9-23-47(44)53-52(54-50)45-29-28-43(51-49(45)46-31-38-15-4-5-16-39(38)32-48(46)55-51)36-26-24-35(25-27-36)42-22-11-17-34-14-6-7-20-41(34)42/h1-32H. The maximum Gasteiger partial charge on any atom is 0.161 e. The molecule has 0 saturated carbocycles. The largest absolute Gasteiger partial charge is 0.455 e. The number of nitrogens with zero attached hydrogens (tertiary/aromatic N) is 2. The van der Waals surface area contributed by atoms with E-state index >= 15 is 0 Å². The summed E-state index contributed by atoms with van der Waals surface area (Å²) >= 11 is 0. The van der Waals surface area contributed by atoms with Crippen molar-refractivity contribution in [2.75, 3.05) is 0 Å². The van der Waals surface area contributed by atoms with E-state index < -0.39 is 0 Å². The predicted molar refractivity (Wildman–Crippen MR) is 229 cm³/mol. The summed E-state index contributed by atoms with van der Waals surface area (Å²) < 4.78 is 6.89. The van der Waals surface area contributed by atoms with Gasteiger partial charge < -0.3 is 4.42 Å². The van der Waals surface area contributed by atoms with Gasteiger partial charge in [0.05, 0.1) is 11.2 Å². The van der Waals surface area contributed by atoms with Crippen molar-refractivity contribution in [1.29, 1.82) is 0 Å². The Hall–Kier alpha value is -7.36. The molecule has 2 heterocycles. The Labute approximate surface area is 317 Å². The van der Waals surface area contributed by atoms with Gasteiger partial charge in [0.1, 0.15) is 11.2 Å². The fraction of sp³-hybridized carbons (Fsp3) is 0. The van der Waals surface area contributed by atoms with Gasteiger partial charge in [-0.2, -0.15) is 0 Å². The van der Waals surface area contributed by atoms with Gasteiger partial charge in [-0.1, -0.05) is 158 Å². The van der Waals surface area contributed by atoms with Crippen LogP contribution in [0.5, 0.6) is 0 Å². The first-order valence-corrected chi connectivity index (χ1v) is 18.6. The van der Waals surface area contributed by atoms with Gasteiger partial charge in [0.25, 0.3) is 0 Å². The summed E-state index contributed by atoms with van der Waals surface area (Å²) in [5.74, 6) is 0.664. The lowest BCUT2D eigenvalue weighted by atomic mass is 9.94. The first-order chi connectivity index (χ1) is 27.2. The third-order valence-electron chi connectivity index (χ3n) is 10.9. The molecule has 0 amide bonds. The van der Waals surface area contributed by atoms with Crippen molar-refractivity contribution in [2.45, 2.75) is 0 Å². The number of fused-ring (bicyclic) bond motifs is 6. The Bertz CT molecular complexity index is 3250. The van der Waals surface area contributed by atoms with Gasteiger partial charge in [0.15, 0.2) is 5.82 Å². The van der Waals surface area contributed by atoms with Gasteiger partial charge in [-0.05, 0) is 85.8 Å². The topological polar surface area (TPSA) is 38.9 Å². The molecular weight excluding hydrogens is 669 g/mol. The number of rotatable bonds is 5. The van der Waals surface area contributed by atoms with Crippen molar-refractivity contribution < 1.29 is 4.42 Å². The quantitative estimate of drug-likeness (QED) is 0.179. The molecule has 0 aliphatic rings. The molecule has 11 rings (SSSR count). The van der Waals surface area contributed by atoms with Crippen molar-refractivity contribution in [3.05, 3.63) is 194 Å². The molecule has 55 heavy (non-hydrogen) atoms. The zero-order valence-corrected chi connectivity index (χ0v) is 29.8. The highest BCUT2D eigenvalue weighted by Crippen LogP contribution is 2.43. The highest BCUT2D eigenvalue weighted by Gasteiger charge is 2.21. The summed E-state index contributed by atoms with van der Waals surface area (Å²) in [6.07, 6.45) is 0. The minimum Gasteiger partial charge on any atom is -0.455 e. The number of furan rings is 1. The number of hydrogen-bond donors (Lipinski definition) is 0. The van der Waals surface area contributed by atoms with Gasteiger partial charge in [-0.3, -0.25) is 0 Å².